The molecular weight excluding hydrogens is 356 g/mol. The van der Waals surface area contributed by atoms with Gasteiger partial charge in [0.25, 0.3) is 0 Å². The number of benzene rings is 1. The summed E-state index contributed by atoms with van der Waals surface area (Å²) in [5.41, 5.74) is 1.12. The fourth-order valence-electron chi connectivity index (χ4n) is 2.24. The number of carbonyl (C=O) groups excluding carboxylic acids is 1. The highest BCUT2D eigenvalue weighted by atomic mass is 32.2. The molecule has 0 spiro atoms. The molecule has 0 saturated carbocycles. The summed E-state index contributed by atoms with van der Waals surface area (Å²) >= 11 is 2.84. The minimum Gasteiger partial charge on any atom is -0.383 e. The Bertz CT molecular complexity index is 649. The molecule has 136 valence electrons. The number of amides is 1. The first-order chi connectivity index (χ1) is 12.1. The van der Waals surface area contributed by atoms with Gasteiger partial charge in [0, 0.05) is 13.7 Å². The Hall–Kier alpha value is -1.64. The summed E-state index contributed by atoms with van der Waals surface area (Å²) in [6, 6.07) is 10.1. The number of hydrogen-bond acceptors (Lipinski definition) is 7. The van der Waals surface area contributed by atoms with Crippen LogP contribution < -0.4 is 10.6 Å². The van der Waals surface area contributed by atoms with E-state index in [-0.39, 0.29) is 11.9 Å². The van der Waals surface area contributed by atoms with Crippen LogP contribution in [0.25, 0.3) is 0 Å². The maximum absolute atomic E-state index is 12.3. The predicted molar refractivity (Wildman–Crippen MR) is 103 cm³/mol. The van der Waals surface area contributed by atoms with E-state index in [1.54, 1.807) is 7.11 Å². The number of rotatable bonds is 10. The van der Waals surface area contributed by atoms with Gasteiger partial charge in [-0.2, -0.15) is 0 Å². The number of anilines is 1. The number of hydrogen-bond donors (Lipinski definition) is 2. The number of aromatic nitrogens is 2. The largest absolute Gasteiger partial charge is 0.383 e. The Labute approximate surface area is 156 Å². The zero-order valence-corrected chi connectivity index (χ0v) is 16.3. The topological polar surface area (TPSA) is 76.1 Å². The molecule has 25 heavy (non-hydrogen) atoms. The van der Waals surface area contributed by atoms with Gasteiger partial charge in [0.2, 0.25) is 11.0 Å². The number of methoxy groups -OCH3 is 1. The molecule has 0 aliphatic heterocycles. The Balaban J connectivity index is 1.83. The van der Waals surface area contributed by atoms with Crippen molar-refractivity contribution in [2.75, 3.05) is 31.3 Å². The van der Waals surface area contributed by atoms with Crippen LogP contribution in [0.5, 0.6) is 0 Å². The van der Waals surface area contributed by atoms with E-state index < -0.39 is 0 Å². The maximum Gasteiger partial charge on any atom is 0.230 e. The molecule has 0 saturated heterocycles. The molecule has 8 heteroatoms. The van der Waals surface area contributed by atoms with Gasteiger partial charge in [-0.3, -0.25) is 4.79 Å². The van der Waals surface area contributed by atoms with Gasteiger partial charge in [-0.1, -0.05) is 67.3 Å². The highest BCUT2D eigenvalue weighted by molar-refractivity contribution is 8.01. The van der Waals surface area contributed by atoms with Crippen molar-refractivity contribution in [3.8, 4) is 0 Å². The third-order valence-electron chi connectivity index (χ3n) is 3.46. The second-order valence-corrected chi connectivity index (χ2v) is 7.98. The third kappa shape index (κ3) is 6.64. The van der Waals surface area contributed by atoms with Crippen molar-refractivity contribution in [3.05, 3.63) is 35.9 Å². The standard InChI is InChI=1S/C17H24N4O2S2/c1-12(2)15(13-7-5-4-6-8-13)19-14(22)11-24-17-21-20-16(25-17)18-9-10-23-3/h4-8,12,15H,9-11H2,1-3H3,(H,18,20)(H,19,22). The Morgan fingerprint density at radius 3 is 2.72 bits per heavy atom. The number of nitrogens with one attached hydrogen (secondary N) is 2. The average Bonchev–Trinajstić information content (AvgIpc) is 3.06. The lowest BCUT2D eigenvalue weighted by molar-refractivity contribution is -0.119. The summed E-state index contributed by atoms with van der Waals surface area (Å²) in [5.74, 6) is 0.633. The number of nitrogens with zero attached hydrogens (tertiary/aromatic N) is 2. The molecule has 1 heterocycles. The molecule has 1 atom stereocenters. The summed E-state index contributed by atoms with van der Waals surface area (Å²) in [5, 5.41) is 15.1. The zero-order chi connectivity index (χ0) is 18.1. The van der Waals surface area contributed by atoms with Gasteiger partial charge in [0.05, 0.1) is 18.4 Å². The smallest absolute Gasteiger partial charge is 0.230 e. The van der Waals surface area contributed by atoms with Crippen LogP contribution in [0.1, 0.15) is 25.5 Å². The van der Waals surface area contributed by atoms with Crippen molar-refractivity contribution in [2.24, 2.45) is 5.92 Å². The van der Waals surface area contributed by atoms with Crippen LogP contribution in [0.2, 0.25) is 0 Å². The lowest BCUT2D eigenvalue weighted by Crippen LogP contribution is -2.32. The van der Waals surface area contributed by atoms with E-state index >= 15 is 0 Å². The highest BCUT2D eigenvalue weighted by Gasteiger charge is 2.18. The van der Waals surface area contributed by atoms with Gasteiger partial charge in [0.15, 0.2) is 4.34 Å². The van der Waals surface area contributed by atoms with Crippen LogP contribution in [0, 0.1) is 5.92 Å². The third-order valence-corrected chi connectivity index (χ3v) is 5.47. The normalized spacial score (nSPS) is 12.2. The molecule has 2 rings (SSSR count). The second-order valence-electron chi connectivity index (χ2n) is 5.78. The lowest BCUT2D eigenvalue weighted by atomic mass is 9.96. The zero-order valence-electron chi connectivity index (χ0n) is 14.7. The first-order valence-corrected chi connectivity index (χ1v) is 9.93. The van der Waals surface area contributed by atoms with Gasteiger partial charge in [-0.25, -0.2) is 0 Å². The van der Waals surface area contributed by atoms with Crippen molar-refractivity contribution >= 4 is 34.1 Å². The number of carbonyl (C=O) groups is 1. The molecule has 1 amide bonds. The first kappa shape index (κ1) is 19.7. The van der Waals surface area contributed by atoms with E-state index in [0.717, 1.165) is 15.0 Å². The highest BCUT2D eigenvalue weighted by Crippen LogP contribution is 2.26. The van der Waals surface area contributed by atoms with Crippen LogP contribution in [0.3, 0.4) is 0 Å². The Morgan fingerprint density at radius 1 is 1.28 bits per heavy atom. The Morgan fingerprint density at radius 2 is 2.04 bits per heavy atom. The second kappa shape index (κ2) is 10.4. The van der Waals surface area contributed by atoms with Gasteiger partial charge in [-0.15, -0.1) is 10.2 Å². The van der Waals surface area contributed by atoms with Crippen LogP contribution in [-0.4, -0.2) is 42.1 Å². The minimum atomic E-state index is -0.00311. The van der Waals surface area contributed by atoms with E-state index in [4.69, 9.17) is 4.74 Å². The molecule has 2 aromatic rings. The van der Waals surface area contributed by atoms with Crippen molar-refractivity contribution in [1.29, 1.82) is 0 Å². The molecule has 0 aliphatic rings. The molecule has 0 fully saturated rings. The van der Waals surface area contributed by atoms with Crippen LogP contribution in [0.4, 0.5) is 5.13 Å². The van der Waals surface area contributed by atoms with E-state index in [0.29, 0.717) is 24.8 Å². The summed E-state index contributed by atoms with van der Waals surface area (Å²) in [7, 11) is 1.65. The van der Waals surface area contributed by atoms with E-state index in [1.165, 1.54) is 23.1 Å². The fraction of sp³-hybridized carbons (Fsp3) is 0.471. The molecule has 2 N–H and O–H groups in total. The van der Waals surface area contributed by atoms with Gasteiger partial charge in [-0.05, 0) is 11.5 Å². The lowest BCUT2D eigenvalue weighted by Gasteiger charge is -2.22. The van der Waals surface area contributed by atoms with Crippen molar-refractivity contribution in [1.82, 2.24) is 15.5 Å². The van der Waals surface area contributed by atoms with Crippen LogP contribution in [-0.2, 0) is 9.53 Å². The fourth-order valence-corrected chi connectivity index (χ4v) is 3.83. The van der Waals surface area contributed by atoms with Gasteiger partial charge >= 0.3 is 0 Å². The molecular formula is C17H24N4O2S2. The molecule has 0 radical (unpaired) electrons. The predicted octanol–water partition coefficient (Wildman–Crippen LogP) is 3.20. The molecule has 1 aromatic carbocycles. The van der Waals surface area contributed by atoms with E-state index in [1.807, 2.05) is 30.3 Å². The molecule has 0 bridgehead atoms. The van der Waals surface area contributed by atoms with Crippen molar-refractivity contribution in [3.63, 3.8) is 0 Å². The van der Waals surface area contributed by atoms with E-state index in [2.05, 4.69) is 34.7 Å². The number of ether oxygens (including phenoxy) is 1. The SMILES string of the molecule is COCCNc1nnc(SCC(=O)NC(c2ccccc2)C(C)C)s1. The summed E-state index contributed by atoms with van der Waals surface area (Å²) < 4.78 is 5.75. The van der Waals surface area contributed by atoms with Gasteiger partial charge < -0.3 is 15.4 Å². The molecule has 1 aromatic heterocycles. The molecule has 1 unspecified atom stereocenters. The van der Waals surface area contributed by atoms with Gasteiger partial charge in [0.1, 0.15) is 0 Å². The van der Waals surface area contributed by atoms with Crippen molar-refractivity contribution < 1.29 is 9.53 Å². The average molecular weight is 381 g/mol. The molecule has 6 nitrogen and oxygen atoms in total. The van der Waals surface area contributed by atoms with Crippen LogP contribution in [0.15, 0.2) is 34.7 Å². The van der Waals surface area contributed by atoms with Crippen LogP contribution >= 0.6 is 23.1 Å². The molecule has 0 aliphatic carbocycles. The minimum absolute atomic E-state index is 0.00311. The maximum atomic E-state index is 12.3. The summed E-state index contributed by atoms with van der Waals surface area (Å²) in [6.45, 7) is 5.51. The van der Waals surface area contributed by atoms with E-state index in [9.17, 15) is 4.79 Å². The summed E-state index contributed by atoms with van der Waals surface area (Å²) in [6.07, 6.45) is 0. The summed E-state index contributed by atoms with van der Waals surface area (Å²) in [4.78, 5) is 12.3. The Kier molecular flexibility index (Phi) is 8.17. The monoisotopic (exact) mass is 380 g/mol. The first-order valence-electron chi connectivity index (χ1n) is 8.13. The van der Waals surface area contributed by atoms with Crippen molar-refractivity contribution in [2.45, 2.75) is 24.2 Å². The number of thioether (sulfide) groups is 1. The quantitative estimate of drug-likeness (QED) is 0.487.